The number of piperidine rings is 1. The lowest BCUT2D eigenvalue weighted by Gasteiger charge is -2.35. The number of nitrogens with zero attached hydrogens (tertiary/aromatic N) is 1. The number of carbonyl (C=O) groups is 2. The Balaban J connectivity index is 1.68. The molecule has 1 saturated heterocycles. The molecule has 1 atom stereocenters. The highest BCUT2D eigenvalue weighted by Crippen LogP contribution is 2.24. The van der Waals surface area contributed by atoms with Crippen molar-refractivity contribution in [1.29, 1.82) is 0 Å². The van der Waals surface area contributed by atoms with Crippen molar-refractivity contribution < 1.29 is 22.7 Å². The molecule has 3 rings (SSSR count). The lowest BCUT2D eigenvalue weighted by molar-refractivity contribution is -0.119. The van der Waals surface area contributed by atoms with Gasteiger partial charge in [-0.25, -0.2) is 17.5 Å². The Morgan fingerprint density at radius 2 is 1.78 bits per heavy atom. The first kappa shape index (κ1) is 27.6. The molecule has 0 saturated carbocycles. The van der Waals surface area contributed by atoms with Gasteiger partial charge in [0.2, 0.25) is 15.9 Å². The van der Waals surface area contributed by atoms with Crippen molar-refractivity contribution in [2.24, 2.45) is 11.7 Å². The van der Waals surface area contributed by atoms with Gasteiger partial charge in [0, 0.05) is 31.9 Å². The van der Waals surface area contributed by atoms with Gasteiger partial charge in [-0.05, 0) is 49.1 Å². The molecule has 1 aliphatic rings. The van der Waals surface area contributed by atoms with Crippen LogP contribution in [0.25, 0.3) is 0 Å². The van der Waals surface area contributed by atoms with Crippen molar-refractivity contribution in [3.05, 3.63) is 65.7 Å². The first-order chi connectivity index (χ1) is 17.3. The molecule has 2 amide bonds. The van der Waals surface area contributed by atoms with E-state index in [0.29, 0.717) is 31.6 Å². The highest BCUT2D eigenvalue weighted by molar-refractivity contribution is 7.89. The first-order valence-electron chi connectivity index (χ1n) is 12.0. The molecule has 0 aliphatic carbocycles. The van der Waals surface area contributed by atoms with Crippen LogP contribution in [0.3, 0.4) is 0 Å². The van der Waals surface area contributed by atoms with Crippen molar-refractivity contribution in [2.45, 2.75) is 32.0 Å². The smallest absolute Gasteiger partial charge is 0.408 e. The summed E-state index contributed by atoms with van der Waals surface area (Å²) in [5, 5.41) is 8.43. The van der Waals surface area contributed by atoms with Gasteiger partial charge in [-0.15, -0.1) is 0 Å². The first-order valence-corrected chi connectivity index (χ1v) is 13.6. The molecule has 0 spiro atoms. The Labute approximate surface area is 212 Å². The normalized spacial score (nSPS) is 15.7. The molecule has 36 heavy (non-hydrogen) atoms. The zero-order valence-electron chi connectivity index (χ0n) is 20.5. The van der Waals surface area contributed by atoms with E-state index in [1.807, 2.05) is 36.4 Å². The minimum Gasteiger partial charge on any atom is -0.445 e. The molecule has 0 bridgehead atoms. The summed E-state index contributed by atoms with van der Waals surface area (Å²) in [6.45, 7) is 1.33. The Bertz CT molecular complexity index is 1100. The van der Waals surface area contributed by atoms with Crippen molar-refractivity contribution >= 4 is 27.7 Å². The van der Waals surface area contributed by atoms with Gasteiger partial charge in [0.25, 0.3) is 0 Å². The molecule has 0 unspecified atom stereocenters. The molecule has 2 aromatic rings. The number of nitrogens with one attached hydrogen (secondary N) is 3. The summed E-state index contributed by atoms with van der Waals surface area (Å²) in [4.78, 5) is 25.9. The molecule has 1 fully saturated rings. The Morgan fingerprint density at radius 3 is 2.44 bits per heavy atom. The maximum Gasteiger partial charge on any atom is 0.408 e. The van der Waals surface area contributed by atoms with Crippen LogP contribution in [0, 0.1) is 5.92 Å². The van der Waals surface area contributed by atoms with Crippen LogP contribution in [0.4, 0.5) is 10.5 Å². The summed E-state index contributed by atoms with van der Waals surface area (Å²) in [6.07, 6.45) is 0.149. The van der Waals surface area contributed by atoms with Gasteiger partial charge in [-0.2, -0.15) is 0 Å². The third kappa shape index (κ3) is 8.02. The summed E-state index contributed by atoms with van der Waals surface area (Å²) in [5.41, 5.74) is 7.96. The van der Waals surface area contributed by atoms with E-state index in [9.17, 15) is 18.0 Å². The topological polar surface area (TPSA) is 143 Å². The van der Waals surface area contributed by atoms with Gasteiger partial charge in [0.05, 0.1) is 5.75 Å². The zero-order valence-corrected chi connectivity index (χ0v) is 21.3. The minimum absolute atomic E-state index is 0.0135. The van der Waals surface area contributed by atoms with Crippen molar-refractivity contribution in [2.75, 3.05) is 37.8 Å². The molecule has 1 heterocycles. The average Bonchev–Trinajstić information content (AvgIpc) is 2.90. The van der Waals surface area contributed by atoms with Gasteiger partial charge in [-0.1, -0.05) is 42.5 Å². The Kier molecular flexibility index (Phi) is 10.2. The molecule has 11 heteroatoms. The second kappa shape index (κ2) is 13.4. The summed E-state index contributed by atoms with van der Waals surface area (Å²) < 4.78 is 31.9. The number of amides is 2. The van der Waals surface area contributed by atoms with Crippen LogP contribution in [-0.2, 0) is 32.7 Å². The standard InChI is InChI=1S/C25H35N5O5S/c1-27-12-15-36(33,34)30-13-10-21(11-14-30)23(24(31)28-22-9-5-8-20(16-22)17-26)29-25(32)35-18-19-6-3-2-4-7-19/h2-9,16,21,23,27H,10-15,17-18,26H2,1H3,(H,28,31)(H,29,32)/t23-/m0/s1. The van der Waals surface area contributed by atoms with E-state index in [-0.39, 0.29) is 31.4 Å². The zero-order chi connectivity index (χ0) is 26.0. The molecular formula is C25H35N5O5S. The predicted molar refractivity (Wildman–Crippen MR) is 139 cm³/mol. The molecule has 10 nitrogen and oxygen atoms in total. The number of nitrogens with two attached hydrogens (primary N) is 1. The van der Waals surface area contributed by atoms with E-state index < -0.39 is 28.1 Å². The van der Waals surface area contributed by atoms with E-state index >= 15 is 0 Å². The quantitative estimate of drug-likeness (QED) is 0.355. The third-order valence-electron chi connectivity index (χ3n) is 6.17. The van der Waals surface area contributed by atoms with Crippen LogP contribution in [0.2, 0.25) is 0 Å². The SMILES string of the molecule is CNCCS(=O)(=O)N1CCC([C@H](NC(=O)OCc2ccccc2)C(=O)Nc2cccc(CN)c2)CC1. The Morgan fingerprint density at radius 1 is 1.08 bits per heavy atom. The van der Waals surface area contributed by atoms with Crippen molar-refractivity contribution in [1.82, 2.24) is 14.9 Å². The highest BCUT2D eigenvalue weighted by Gasteiger charge is 2.36. The summed E-state index contributed by atoms with van der Waals surface area (Å²) in [5.74, 6) is -0.639. The number of ether oxygens (including phenoxy) is 1. The van der Waals surface area contributed by atoms with Crippen LogP contribution in [0.15, 0.2) is 54.6 Å². The van der Waals surface area contributed by atoms with E-state index in [2.05, 4.69) is 16.0 Å². The number of benzene rings is 2. The van der Waals surface area contributed by atoms with E-state index in [4.69, 9.17) is 10.5 Å². The lowest BCUT2D eigenvalue weighted by Crippen LogP contribution is -2.52. The van der Waals surface area contributed by atoms with Crippen LogP contribution in [-0.4, -0.2) is 63.2 Å². The number of alkyl carbamates (subject to hydrolysis) is 1. The summed E-state index contributed by atoms with van der Waals surface area (Å²) in [7, 11) is -1.68. The number of hydrogen-bond acceptors (Lipinski definition) is 7. The molecule has 0 aromatic heterocycles. The lowest BCUT2D eigenvalue weighted by atomic mass is 9.89. The number of hydrogen-bond donors (Lipinski definition) is 4. The maximum absolute atomic E-state index is 13.3. The van der Waals surface area contributed by atoms with Crippen LogP contribution in [0.1, 0.15) is 24.0 Å². The van der Waals surface area contributed by atoms with Gasteiger partial charge in [-0.3, -0.25) is 4.79 Å². The second-order valence-corrected chi connectivity index (χ2v) is 10.8. The fourth-order valence-electron chi connectivity index (χ4n) is 4.13. The Hall–Kier alpha value is -2.99. The molecule has 5 N–H and O–H groups in total. The number of anilines is 1. The molecule has 2 aromatic carbocycles. The van der Waals surface area contributed by atoms with Gasteiger partial charge in [0.15, 0.2) is 0 Å². The summed E-state index contributed by atoms with van der Waals surface area (Å²) >= 11 is 0. The highest BCUT2D eigenvalue weighted by atomic mass is 32.2. The molecular weight excluding hydrogens is 482 g/mol. The van der Waals surface area contributed by atoms with Gasteiger partial charge >= 0.3 is 6.09 Å². The average molecular weight is 518 g/mol. The third-order valence-corrected chi connectivity index (χ3v) is 8.04. The van der Waals surface area contributed by atoms with E-state index in [0.717, 1.165) is 11.1 Å². The molecule has 0 radical (unpaired) electrons. The van der Waals surface area contributed by atoms with Crippen LogP contribution >= 0.6 is 0 Å². The van der Waals surface area contributed by atoms with Crippen LogP contribution in [0.5, 0.6) is 0 Å². The predicted octanol–water partition coefficient (Wildman–Crippen LogP) is 1.64. The maximum atomic E-state index is 13.3. The fraction of sp³-hybridized carbons (Fsp3) is 0.440. The van der Waals surface area contributed by atoms with Gasteiger partial charge < -0.3 is 26.4 Å². The van der Waals surface area contributed by atoms with Crippen molar-refractivity contribution in [3.8, 4) is 0 Å². The fourth-order valence-corrected chi connectivity index (χ4v) is 5.62. The number of rotatable bonds is 11. The largest absolute Gasteiger partial charge is 0.445 e. The second-order valence-electron chi connectivity index (χ2n) is 8.73. The van der Waals surface area contributed by atoms with Crippen LogP contribution < -0.4 is 21.7 Å². The number of carbonyl (C=O) groups excluding carboxylic acids is 2. The summed E-state index contributed by atoms with van der Waals surface area (Å²) in [6, 6.07) is 15.5. The number of sulfonamides is 1. The van der Waals surface area contributed by atoms with E-state index in [1.165, 1.54) is 4.31 Å². The van der Waals surface area contributed by atoms with E-state index in [1.54, 1.807) is 25.2 Å². The molecule has 196 valence electrons. The van der Waals surface area contributed by atoms with Crippen molar-refractivity contribution in [3.63, 3.8) is 0 Å². The van der Waals surface area contributed by atoms with Gasteiger partial charge in [0.1, 0.15) is 12.6 Å². The monoisotopic (exact) mass is 517 g/mol. The molecule has 1 aliphatic heterocycles. The minimum atomic E-state index is -3.39.